The number of carbonyl (C=O) groups is 1. The first kappa shape index (κ1) is 13.5. The molecule has 2 heterocycles. The zero-order valence-corrected chi connectivity index (χ0v) is 11.9. The van der Waals surface area contributed by atoms with Crippen molar-refractivity contribution in [2.24, 2.45) is 0 Å². The minimum absolute atomic E-state index is 0.0575. The quantitative estimate of drug-likeness (QED) is 0.852. The van der Waals surface area contributed by atoms with E-state index in [1.807, 2.05) is 24.3 Å². The van der Waals surface area contributed by atoms with Crippen LogP contribution in [0.4, 0.5) is 10.9 Å². The molecule has 106 valence electrons. The molecule has 1 unspecified atom stereocenters. The number of ether oxygens (including phenoxy) is 1. The highest BCUT2D eigenvalue weighted by atomic mass is 32.1. The molecule has 6 heteroatoms. The van der Waals surface area contributed by atoms with Crippen LogP contribution in [-0.4, -0.2) is 17.5 Å². The van der Waals surface area contributed by atoms with Crippen molar-refractivity contribution in [1.29, 1.82) is 0 Å². The van der Waals surface area contributed by atoms with Gasteiger partial charge in [0.25, 0.3) is 0 Å². The molecule has 0 radical (unpaired) electrons. The number of amides is 1. The third-order valence-corrected chi connectivity index (χ3v) is 4.21. The van der Waals surface area contributed by atoms with Gasteiger partial charge in [0.05, 0.1) is 4.88 Å². The van der Waals surface area contributed by atoms with Crippen molar-refractivity contribution in [1.82, 2.24) is 4.98 Å². The lowest BCUT2D eigenvalue weighted by Gasteiger charge is -2.22. The molecule has 0 fully saturated rings. The van der Waals surface area contributed by atoms with E-state index in [1.165, 1.54) is 11.3 Å². The van der Waals surface area contributed by atoms with Gasteiger partial charge in [-0.1, -0.05) is 29.4 Å². The van der Waals surface area contributed by atoms with Gasteiger partial charge in [-0.15, -0.1) is 6.42 Å². The van der Waals surface area contributed by atoms with Crippen molar-refractivity contribution in [3.05, 3.63) is 34.7 Å². The Balaban J connectivity index is 1.96. The number of hydrogen-bond acceptors (Lipinski definition) is 5. The van der Waals surface area contributed by atoms with Crippen LogP contribution in [0, 0.1) is 12.3 Å². The van der Waals surface area contributed by atoms with Gasteiger partial charge in [0, 0.05) is 12.3 Å². The van der Waals surface area contributed by atoms with E-state index in [1.54, 1.807) is 0 Å². The first-order valence-electron chi connectivity index (χ1n) is 6.39. The van der Waals surface area contributed by atoms with Crippen molar-refractivity contribution in [2.45, 2.75) is 12.3 Å². The van der Waals surface area contributed by atoms with Gasteiger partial charge in [-0.05, 0) is 17.7 Å². The molecule has 0 aliphatic carbocycles. The van der Waals surface area contributed by atoms with Crippen LogP contribution in [0.3, 0.4) is 0 Å². The Morgan fingerprint density at radius 3 is 3.24 bits per heavy atom. The second-order valence-electron chi connectivity index (χ2n) is 4.64. The fourth-order valence-electron chi connectivity index (χ4n) is 2.35. The van der Waals surface area contributed by atoms with E-state index >= 15 is 0 Å². The Bertz CT molecular complexity index is 733. The number of rotatable bonds is 3. The van der Waals surface area contributed by atoms with Gasteiger partial charge < -0.3 is 15.8 Å². The molecule has 0 spiro atoms. The standard InChI is InChI=1S/C15H13N3O2S/c1-2-6-20-10-5-3-4-9(7-10)11-8-12(19)17-14-13(11)21-15(16)18-14/h1,3-5,7,11H,6,8H2,(H2,16,18)(H,17,19). The Morgan fingerprint density at radius 2 is 2.43 bits per heavy atom. The normalized spacial score (nSPS) is 16.7. The van der Waals surface area contributed by atoms with Crippen LogP contribution < -0.4 is 15.8 Å². The van der Waals surface area contributed by atoms with Gasteiger partial charge in [0.2, 0.25) is 5.91 Å². The number of carbonyl (C=O) groups excluding carboxylic acids is 1. The summed E-state index contributed by atoms with van der Waals surface area (Å²) in [6.45, 7) is 0.216. The minimum Gasteiger partial charge on any atom is -0.481 e. The molecule has 0 saturated carbocycles. The van der Waals surface area contributed by atoms with Crippen molar-refractivity contribution >= 4 is 28.2 Å². The van der Waals surface area contributed by atoms with E-state index in [-0.39, 0.29) is 18.4 Å². The first-order chi connectivity index (χ1) is 10.2. The molecular weight excluding hydrogens is 286 g/mol. The van der Waals surface area contributed by atoms with Crippen LogP contribution in [0.25, 0.3) is 0 Å². The summed E-state index contributed by atoms with van der Waals surface area (Å²) in [6.07, 6.45) is 5.56. The Labute approximate surface area is 126 Å². The summed E-state index contributed by atoms with van der Waals surface area (Å²) >= 11 is 1.40. The van der Waals surface area contributed by atoms with Crippen LogP contribution in [-0.2, 0) is 4.79 Å². The molecule has 3 N–H and O–H groups in total. The van der Waals surface area contributed by atoms with Crippen molar-refractivity contribution < 1.29 is 9.53 Å². The number of nitrogens with zero attached hydrogens (tertiary/aromatic N) is 1. The maximum absolute atomic E-state index is 11.8. The number of anilines is 2. The summed E-state index contributed by atoms with van der Waals surface area (Å²) in [6, 6.07) is 7.59. The van der Waals surface area contributed by atoms with E-state index in [9.17, 15) is 4.79 Å². The van der Waals surface area contributed by atoms with E-state index in [0.29, 0.717) is 23.1 Å². The van der Waals surface area contributed by atoms with Crippen LogP contribution in [0.1, 0.15) is 22.8 Å². The molecule has 1 aromatic heterocycles. The number of aromatic nitrogens is 1. The summed E-state index contributed by atoms with van der Waals surface area (Å²) in [5.74, 6) is 3.56. The second-order valence-corrected chi connectivity index (χ2v) is 5.70. The maximum atomic E-state index is 11.8. The SMILES string of the molecule is C#CCOc1cccc(C2CC(=O)Nc3nc(N)sc32)c1. The van der Waals surface area contributed by atoms with Gasteiger partial charge in [-0.2, -0.15) is 0 Å². The average molecular weight is 299 g/mol. The highest BCUT2D eigenvalue weighted by Gasteiger charge is 2.30. The molecule has 0 saturated heterocycles. The lowest BCUT2D eigenvalue weighted by molar-refractivity contribution is -0.116. The highest BCUT2D eigenvalue weighted by Crippen LogP contribution is 2.41. The first-order valence-corrected chi connectivity index (χ1v) is 7.21. The van der Waals surface area contributed by atoms with Crippen molar-refractivity contribution in [3.8, 4) is 18.1 Å². The van der Waals surface area contributed by atoms with Gasteiger partial charge in [-0.3, -0.25) is 4.79 Å². The fourth-order valence-corrected chi connectivity index (χ4v) is 3.27. The van der Waals surface area contributed by atoms with Crippen LogP contribution in [0.2, 0.25) is 0 Å². The predicted molar refractivity (Wildman–Crippen MR) is 82.4 cm³/mol. The molecule has 2 aromatic rings. The summed E-state index contributed by atoms with van der Waals surface area (Å²) < 4.78 is 5.43. The maximum Gasteiger partial charge on any atom is 0.226 e. The summed E-state index contributed by atoms with van der Waals surface area (Å²) in [5.41, 5.74) is 6.74. The molecule has 3 rings (SSSR count). The van der Waals surface area contributed by atoms with E-state index in [0.717, 1.165) is 10.4 Å². The lowest BCUT2D eigenvalue weighted by Crippen LogP contribution is -2.22. The van der Waals surface area contributed by atoms with Gasteiger partial charge in [0.1, 0.15) is 18.2 Å². The molecular formula is C15H13N3O2S. The average Bonchev–Trinajstić information content (AvgIpc) is 2.84. The van der Waals surface area contributed by atoms with E-state index in [4.69, 9.17) is 16.9 Å². The monoisotopic (exact) mass is 299 g/mol. The van der Waals surface area contributed by atoms with Crippen LogP contribution in [0.5, 0.6) is 5.75 Å². The molecule has 1 aromatic carbocycles. The second kappa shape index (κ2) is 5.46. The third kappa shape index (κ3) is 2.69. The lowest BCUT2D eigenvalue weighted by atomic mass is 9.91. The van der Waals surface area contributed by atoms with Crippen molar-refractivity contribution in [3.63, 3.8) is 0 Å². The zero-order valence-electron chi connectivity index (χ0n) is 11.1. The number of benzene rings is 1. The molecule has 5 nitrogen and oxygen atoms in total. The number of nitrogen functional groups attached to an aromatic ring is 1. The van der Waals surface area contributed by atoms with E-state index in [2.05, 4.69) is 16.2 Å². The third-order valence-electron chi connectivity index (χ3n) is 3.22. The number of nitrogens with two attached hydrogens (primary N) is 1. The van der Waals surface area contributed by atoms with Gasteiger partial charge in [0.15, 0.2) is 5.13 Å². The van der Waals surface area contributed by atoms with E-state index < -0.39 is 0 Å². The minimum atomic E-state index is -0.0623. The molecule has 0 bridgehead atoms. The van der Waals surface area contributed by atoms with Gasteiger partial charge >= 0.3 is 0 Å². The Morgan fingerprint density at radius 1 is 1.57 bits per heavy atom. The molecule has 1 aliphatic heterocycles. The Hall–Kier alpha value is -2.52. The summed E-state index contributed by atoms with van der Waals surface area (Å²) in [5, 5.41) is 3.20. The van der Waals surface area contributed by atoms with Gasteiger partial charge in [-0.25, -0.2) is 4.98 Å². The highest BCUT2D eigenvalue weighted by molar-refractivity contribution is 7.16. The molecule has 1 atom stereocenters. The number of fused-ring (bicyclic) bond motifs is 1. The fraction of sp³-hybridized carbons (Fsp3) is 0.200. The molecule has 1 amide bonds. The topological polar surface area (TPSA) is 77.2 Å². The summed E-state index contributed by atoms with van der Waals surface area (Å²) in [4.78, 5) is 17.0. The smallest absolute Gasteiger partial charge is 0.226 e. The van der Waals surface area contributed by atoms with Crippen molar-refractivity contribution in [2.75, 3.05) is 17.7 Å². The summed E-state index contributed by atoms with van der Waals surface area (Å²) in [7, 11) is 0. The molecule has 21 heavy (non-hydrogen) atoms. The largest absolute Gasteiger partial charge is 0.481 e. The number of thiazole rings is 1. The van der Waals surface area contributed by atoms with Crippen LogP contribution >= 0.6 is 11.3 Å². The number of terminal acetylenes is 1. The van der Waals surface area contributed by atoms with Crippen LogP contribution in [0.15, 0.2) is 24.3 Å². The zero-order chi connectivity index (χ0) is 14.8. The number of nitrogens with one attached hydrogen (secondary N) is 1. The Kier molecular flexibility index (Phi) is 3.50. The predicted octanol–water partition coefficient (Wildman–Crippen LogP) is 2.21. The molecule has 1 aliphatic rings. The number of hydrogen-bond donors (Lipinski definition) is 2.